The lowest BCUT2D eigenvalue weighted by Crippen LogP contribution is -2.38. The Balaban J connectivity index is 1.43. The van der Waals surface area contributed by atoms with Crippen molar-refractivity contribution < 1.29 is 4.79 Å². The number of nitrogens with zero attached hydrogens (tertiary/aromatic N) is 1. The lowest BCUT2D eigenvalue weighted by Gasteiger charge is -2.37. The van der Waals surface area contributed by atoms with Crippen molar-refractivity contribution in [2.45, 2.75) is 69.9 Å². The molecule has 0 saturated heterocycles. The van der Waals surface area contributed by atoms with Gasteiger partial charge in [-0.25, -0.2) is 4.98 Å². The number of hydrogen-bond acceptors (Lipinski definition) is 5. The number of carbonyl (C=O) groups excluding carboxylic acids is 1. The van der Waals surface area contributed by atoms with Crippen molar-refractivity contribution in [2.75, 3.05) is 0 Å². The van der Waals surface area contributed by atoms with Crippen molar-refractivity contribution in [2.24, 2.45) is 0 Å². The Hall–Kier alpha value is -2.12. The SMILES string of the molecule is Cc1sc2nc(CSC(C)C(=O)NC3CCC(C)(C)c4ccccc43)[nH]c(=O)c2c1C. The summed E-state index contributed by atoms with van der Waals surface area (Å²) in [6.45, 7) is 10.4. The Morgan fingerprint density at radius 1 is 1.35 bits per heavy atom. The van der Waals surface area contributed by atoms with E-state index in [0.29, 0.717) is 17.0 Å². The summed E-state index contributed by atoms with van der Waals surface area (Å²) < 4.78 is 0. The predicted octanol–water partition coefficient (Wildman–Crippen LogP) is 5.15. The van der Waals surface area contributed by atoms with Gasteiger partial charge in [-0.2, -0.15) is 0 Å². The molecule has 2 atom stereocenters. The summed E-state index contributed by atoms with van der Waals surface area (Å²) in [5, 5.41) is 3.69. The van der Waals surface area contributed by atoms with Crippen LogP contribution in [0.15, 0.2) is 29.1 Å². The Bertz CT molecular complexity index is 1200. The molecule has 1 aliphatic carbocycles. The number of benzene rings is 1. The zero-order valence-electron chi connectivity index (χ0n) is 18.7. The molecule has 1 aliphatic rings. The van der Waals surface area contributed by atoms with Crippen LogP contribution in [0.4, 0.5) is 0 Å². The standard InChI is InChI=1S/C24H29N3O2S2/c1-13-14(2)31-23-20(13)22(29)26-19(27-23)12-30-15(3)21(28)25-18-10-11-24(4,5)17-9-7-6-8-16(17)18/h6-9,15,18H,10-12H2,1-5H3,(H,25,28)(H,26,27,29). The maximum atomic E-state index is 12.9. The highest BCUT2D eigenvalue weighted by molar-refractivity contribution is 7.99. The maximum absolute atomic E-state index is 12.9. The van der Waals surface area contributed by atoms with Crippen LogP contribution in [0.3, 0.4) is 0 Å². The van der Waals surface area contributed by atoms with Crippen molar-refractivity contribution in [3.8, 4) is 0 Å². The molecule has 0 saturated carbocycles. The van der Waals surface area contributed by atoms with E-state index in [0.717, 1.165) is 28.1 Å². The normalized spacial score (nSPS) is 18.5. The van der Waals surface area contributed by atoms with E-state index in [1.807, 2.05) is 26.8 Å². The summed E-state index contributed by atoms with van der Waals surface area (Å²) >= 11 is 3.04. The number of amides is 1. The molecular formula is C24H29N3O2S2. The monoisotopic (exact) mass is 455 g/mol. The van der Waals surface area contributed by atoms with Crippen LogP contribution >= 0.6 is 23.1 Å². The first-order valence-electron chi connectivity index (χ1n) is 10.7. The second kappa shape index (κ2) is 8.43. The molecule has 2 unspecified atom stereocenters. The third-order valence-corrected chi connectivity index (χ3v) is 8.62. The maximum Gasteiger partial charge on any atom is 0.259 e. The lowest BCUT2D eigenvalue weighted by molar-refractivity contribution is -0.121. The van der Waals surface area contributed by atoms with E-state index < -0.39 is 0 Å². The topological polar surface area (TPSA) is 74.8 Å². The Kier molecular flexibility index (Phi) is 6.01. The van der Waals surface area contributed by atoms with Gasteiger partial charge in [-0.3, -0.25) is 9.59 Å². The van der Waals surface area contributed by atoms with Crippen molar-refractivity contribution in [3.63, 3.8) is 0 Å². The van der Waals surface area contributed by atoms with Crippen molar-refractivity contribution in [1.29, 1.82) is 0 Å². The van der Waals surface area contributed by atoms with E-state index in [9.17, 15) is 9.59 Å². The van der Waals surface area contributed by atoms with E-state index in [1.54, 1.807) is 11.3 Å². The molecule has 4 rings (SSSR count). The van der Waals surface area contributed by atoms with Crippen LogP contribution in [0.25, 0.3) is 10.2 Å². The van der Waals surface area contributed by atoms with Gasteiger partial charge in [0.05, 0.1) is 22.4 Å². The number of aromatic nitrogens is 2. The summed E-state index contributed by atoms with van der Waals surface area (Å²) in [5.41, 5.74) is 3.58. The summed E-state index contributed by atoms with van der Waals surface area (Å²) in [6.07, 6.45) is 1.98. The minimum absolute atomic E-state index is 0.0238. The zero-order valence-corrected chi connectivity index (χ0v) is 20.3. The largest absolute Gasteiger partial charge is 0.348 e. The molecule has 31 heavy (non-hydrogen) atoms. The molecule has 7 heteroatoms. The van der Waals surface area contributed by atoms with E-state index in [4.69, 9.17) is 0 Å². The van der Waals surface area contributed by atoms with E-state index in [2.05, 4.69) is 47.3 Å². The molecule has 3 aromatic rings. The number of fused-ring (bicyclic) bond motifs is 2. The number of carbonyl (C=O) groups is 1. The summed E-state index contributed by atoms with van der Waals surface area (Å²) in [5.74, 6) is 1.13. The number of nitrogens with one attached hydrogen (secondary N) is 2. The lowest BCUT2D eigenvalue weighted by atomic mass is 9.71. The first kappa shape index (κ1) is 22.1. The summed E-state index contributed by atoms with van der Waals surface area (Å²) in [7, 11) is 0. The zero-order chi connectivity index (χ0) is 22.3. The van der Waals surface area contributed by atoms with Crippen LogP contribution in [0.2, 0.25) is 0 Å². The fraction of sp³-hybridized carbons (Fsp3) is 0.458. The Morgan fingerprint density at radius 2 is 2.10 bits per heavy atom. The molecule has 164 valence electrons. The van der Waals surface area contributed by atoms with Crippen LogP contribution in [0.1, 0.15) is 67.0 Å². The number of aryl methyl sites for hydroxylation is 2. The minimum Gasteiger partial charge on any atom is -0.348 e. The Labute approximate surface area is 191 Å². The third kappa shape index (κ3) is 4.30. The number of rotatable bonds is 5. The van der Waals surface area contributed by atoms with Gasteiger partial charge in [-0.05, 0) is 55.7 Å². The second-order valence-corrected chi connectivity index (χ2v) is 11.5. The van der Waals surface area contributed by atoms with Gasteiger partial charge in [0.2, 0.25) is 5.91 Å². The highest BCUT2D eigenvalue weighted by Crippen LogP contribution is 2.41. The molecule has 0 aliphatic heterocycles. The van der Waals surface area contributed by atoms with Gasteiger partial charge in [-0.1, -0.05) is 38.1 Å². The molecule has 0 fully saturated rings. The van der Waals surface area contributed by atoms with Crippen LogP contribution < -0.4 is 10.9 Å². The average molecular weight is 456 g/mol. The number of aromatic amines is 1. The average Bonchev–Trinajstić information content (AvgIpc) is 3.02. The quantitative estimate of drug-likeness (QED) is 0.558. The molecule has 0 spiro atoms. The number of hydrogen-bond donors (Lipinski definition) is 2. The molecule has 2 heterocycles. The minimum atomic E-state index is -0.241. The van der Waals surface area contributed by atoms with Gasteiger partial charge in [-0.15, -0.1) is 23.1 Å². The van der Waals surface area contributed by atoms with Gasteiger partial charge < -0.3 is 10.3 Å². The first-order chi connectivity index (χ1) is 14.7. The van der Waals surface area contributed by atoms with Crippen LogP contribution in [-0.4, -0.2) is 21.1 Å². The highest BCUT2D eigenvalue weighted by Gasteiger charge is 2.33. The fourth-order valence-electron chi connectivity index (χ4n) is 4.30. The second-order valence-electron chi connectivity index (χ2n) is 9.00. The van der Waals surface area contributed by atoms with Crippen molar-refractivity contribution in [1.82, 2.24) is 15.3 Å². The molecule has 1 aromatic carbocycles. The number of thioether (sulfide) groups is 1. The van der Waals surface area contributed by atoms with Crippen LogP contribution in [0.5, 0.6) is 0 Å². The van der Waals surface area contributed by atoms with Gasteiger partial charge >= 0.3 is 0 Å². The van der Waals surface area contributed by atoms with E-state index in [1.165, 1.54) is 22.9 Å². The first-order valence-corrected chi connectivity index (χ1v) is 12.5. The van der Waals surface area contributed by atoms with Gasteiger partial charge in [0, 0.05) is 4.88 Å². The molecule has 5 nitrogen and oxygen atoms in total. The molecule has 2 N–H and O–H groups in total. The van der Waals surface area contributed by atoms with Crippen molar-refractivity contribution >= 4 is 39.2 Å². The van der Waals surface area contributed by atoms with Crippen LogP contribution in [-0.2, 0) is 16.0 Å². The molecule has 1 amide bonds. The molecule has 0 radical (unpaired) electrons. The van der Waals surface area contributed by atoms with Gasteiger partial charge in [0.25, 0.3) is 5.56 Å². The number of H-pyrrole nitrogens is 1. The fourth-order valence-corrected chi connectivity index (χ4v) is 6.11. The van der Waals surface area contributed by atoms with Gasteiger partial charge in [0.15, 0.2) is 0 Å². The number of thiophene rings is 1. The summed E-state index contributed by atoms with van der Waals surface area (Å²) in [4.78, 5) is 34.8. The smallest absolute Gasteiger partial charge is 0.259 e. The molecule has 0 bridgehead atoms. The van der Waals surface area contributed by atoms with Gasteiger partial charge in [0.1, 0.15) is 10.7 Å². The van der Waals surface area contributed by atoms with Crippen molar-refractivity contribution in [3.05, 3.63) is 62.0 Å². The molecular weight excluding hydrogens is 426 g/mol. The van der Waals surface area contributed by atoms with E-state index >= 15 is 0 Å². The third-order valence-electron chi connectivity index (χ3n) is 6.37. The predicted molar refractivity (Wildman–Crippen MR) is 130 cm³/mol. The van der Waals surface area contributed by atoms with Crippen LogP contribution in [0, 0.1) is 13.8 Å². The Morgan fingerprint density at radius 3 is 2.87 bits per heavy atom. The highest BCUT2D eigenvalue weighted by atomic mass is 32.2. The van der Waals surface area contributed by atoms with E-state index in [-0.39, 0.29) is 28.2 Å². The molecule has 2 aromatic heterocycles. The summed E-state index contributed by atoms with van der Waals surface area (Å²) in [6, 6.07) is 8.48.